The van der Waals surface area contributed by atoms with E-state index in [-0.39, 0.29) is 5.84 Å². The van der Waals surface area contributed by atoms with Gasteiger partial charge in [0, 0.05) is 24.3 Å². The number of hydrogen-bond donors (Lipinski definition) is 2. The molecule has 98 valence electrons. The normalized spacial score (nSPS) is 18.7. The fourth-order valence-electron chi connectivity index (χ4n) is 2.59. The first-order valence-electron chi connectivity index (χ1n) is 6.45. The Hall–Kier alpha value is -1.58. The predicted molar refractivity (Wildman–Crippen MR) is 75.2 cm³/mol. The quantitative estimate of drug-likeness (QED) is 0.621. The zero-order valence-electron chi connectivity index (χ0n) is 11.5. The fourth-order valence-corrected chi connectivity index (χ4v) is 2.59. The lowest BCUT2D eigenvalue weighted by Crippen LogP contribution is -2.40. The lowest BCUT2D eigenvalue weighted by atomic mass is 9.84. The number of pyridine rings is 1. The van der Waals surface area contributed by atoms with Crippen molar-refractivity contribution in [2.45, 2.75) is 33.6 Å². The molecule has 0 unspecified atom stereocenters. The summed E-state index contributed by atoms with van der Waals surface area (Å²) in [5, 5.41) is 7.55. The molecule has 3 N–H and O–H groups in total. The van der Waals surface area contributed by atoms with E-state index in [4.69, 9.17) is 11.1 Å². The van der Waals surface area contributed by atoms with Crippen molar-refractivity contribution in [2.75, 3.05) is 18.0 Å². The Bertz CT molecular complexity index is 465. The van der Waals surface area contributed by atoms with E-state index in [9.17, 15) is 0 Å². The molecule has 1 fully saturated rings. The van der Waals surface area contributed by atoms with Gasteiger partial charge in [-0.05, 0) is 37.3 Å². The number of nitrogens with zero attached hydrogens (tertiary/aromatic N) is 2. The summed E-state index contributed by atoms with van der Waals surface area (Å²) >= 11 is 0. The lowest BCUT2D eigenvalue weighted by Gasteiger charge is -2.39. The Morgan fingerprint density at radius 1 is 1.44 bits per heavy atom. The first-order valence-corrected chi connectivity index (χ1v) is 6.45. The van der Waals surface area contributed by atoms with E-state index >= 15 is 0 Å². The van der Waals surface area contributed by atoms with E-state index in [1.165, 1.54) is 12.8 Å². The molecule has 1 aliphatic rings. The SMILES string of the molecule is Cc1cc(C(=N)N)cc(N2CCCC(C)(C)C2)n1. The van der Waals surface area contributed by atoms with Crippen molar-refractivity contribution in [3.63, 3.8) is 0 Å². The van der Waals surface area contributed by atoms with Crippen LogP contribution >= 0.6 is 0 Å². The van der Waals surface area contributed by atoms with Crippen LogP contribution in [0.5, 0.6) is 0 Å². The highest BCUT2D eigenvalue weighted by atomic mass is 15.2. The summed E-state index contributed by atoms with van der Waals surface area (Å²) < 4.78 is 0. The van der Waals surface area contributed by atoms with Crippen LogP contribution in [0.1, 0.15) is 37.9 Å². The first-order chi connectivity index (χ1) is 8.37. The van der Waals surface area contributed by atoms with Gasteiger partial charge < -0.3 is 10.6 Å². The van der Waals surface area contributed by atoms with Gasteiger partial charge in [-0.3, -0.25) is 5.41 Å². The Balaban J connectivity index is 2.30. The number of nitrogens with two attached hydrogens (primary N) is 1. The second-order valence-electron chi connectivity index (χ2n) is 5.96. The number of anilines is 1. The molecule has 0 saturated carbocycles. The molecule has 2 rings (SSSR count). The summed E-state index contributed by atoms with van der Waals surface area (Å²) in [4.78, 5) is 6.89. The van der Waals surface area contributed by atoms with Crippen molar-refractivity contribution in [3.05, 3.63) is 23.4 Å². The molecule has 0 aliphatic carbocycles. The van der Waals surface area contributed by atoms with Gasteiger partial charge in [0.1, 0.15) is 11.7 Å². The molecule has 0 atom stereocenters. The molecule has 1 aromatic rings. The molecule has 1 aromatic heterocycles. The highest BCUT2D eigenvalue weighted by molar-refractivity contribution is 5.95. The summed E-state index contributed by atoms with van der Waals surface area (Å²) in [6.45, 7) is 8.59. The summed E-state index contributed by atoms with van der Waals surface area (Å²) in [5.74, 6) is 1.06. The molecule has 0 amide bonds. The number of nitrogen functional groups attached to an aromatic ring is 1. The van der Waals surface area contributed by atoms with Gasteiger partial charge in [0.15, 0.2) is 0 Å². The second-order valence-corrected chi connectivity index (χ2v) is 5.96. The molecule has 18 heavy (non-hydrogen) atoms. The van der Waals surface area contributed by atoms with Crippen molar-refractivity contribution in [3.8, 4) is 0 Å². The zero-order chi connectivity index (χ0) is 13.3. The van der Waals surface area contributed by atoms with E-state index < -0.39 is 0 Å². The third-order valence-corrected chi connectivity index (χ3v) is 3.48. The van der Waals surface area contributed by atoms with Gasteiger partial charge >= 0.3 is 0 Å². The third-order valence-electron chi connectivity index (χ3n) is 3.48. The van der Waals surface area contributed by atoms with Gasteiger partial charge in [-0.2, -0.15) is 0 Å². The molecule has 0 aromatic carbocycles. The number of hydrogen-bond acceptors (Lipinski definition) is 3. The first kappa shape index (κ1) is 12.9. The third kappa shape index (κ3) is 2.81. The minimum absolute atomic E-state index is 0.109. The summed E-state index contributed by atoms with van der Waals surface area (Å²) in [5.41, 5.74) is 7.59. The average Bonchev–Trinajstić information content (AvgIpc) is 2.26. The number of piperidine rings is 1. The number of aryl methyl sites for hydroxylation is 1. The minimum Gasteiger partial charge on any atom is -0.384 e. The monoisotopic (exact) mass is 246 g/mol. The van der Waals surface area contributed by atoms with Crippen LogP contribution in [-0.2, 0) is 0 Å². The average molecular weight is 246 g/mol. The number of nitrogens with one attached hydrogen (secondary N) is 1. The molecule has 4 heteroatoms. The van der Waals surface area contributed by atoms with Crippen molar-refractivity contribution >= 4 is 11.7 Å². The molecule has 1 aliphatic heterocycles. The molecular formula is C14H22N4. The van der Waals surface area contributed by atoms with E-state index in [0.717, 1.165) is 30.2 Å². The van der Waals surface area contributed by atoms with E-state index in [1.807, 2.05) is 19.1 Å². The Morgan fingerprint density at radius 3 is 2.78 bits per heavy atom. The van der Waals surface area contributed by atoms with Crippen LogP contribution in [0.25, 0.3) is 0 Å². The van der Waals surface area contributed by atoms with Gasteiger partial charge in [-0.1, -0.05) is 13.8 Å². The number of rotatable bonds is 2. The van der Waals surface area contributed by atoms with E-state index in [1.54, 1.807) is 0 Å². The van der Waals surface area contributed by atoms with Crippen molar-refractivity contribution in [2.24, 2.45) is 11.1 Å². The summed E-state index contributed by atoms with van der Waals surface area (Å²) in [6, 6.07) is 3.79. The van der Waals surface area contributed by atoms with Crippen molar-refractivity contribution < 1.29 is 0 Å². The maximum absolute atomic E-state index is 7.55. The number of aromatic nitrogens is 1. The van der Waals surface area contributed by atoms with Crippen LogP contribution in [0.15, 0.2) is 12.1 Å². The molecule has 0 radical (unpaired) electrons. The van der Waals surface area contributed by atoms with E-state index in [2.05, 4.69) is 23.7 Å². The molecule has 0 spiro atoms. The summed E-state index contributed by atoms with van der Waals surface area (Å²) in [7, 11) is 0. The predicted octanol–water partition coefficient (Wildman–Crippen LogP) is 2.30. The fraction of sp³-hybridized carbons (Fsp3) is 0.571. The van der Waals surface area contributed by atoms with Crippen LogP contribution in [0.3, 0.4) is 0 Å². The van der Waals surface area contributed by atoms with Crippen LogP contribution < -0.4 is 10.6 Å². The lowest BCUT2D eigenvalue weighted by molar-refractivity contribution is 0.292. The van der Waals surface area contributed by atoms with Crippen LogP contribution in [0.2, 0.25) is 0 Å². The molecule has 0 bridgehead atoms. The van der Waals surface area contributed by atoms with Crippen molar-refractivity contribution in [1.29, 1.82) is 5.41 Å². The maximum Gasteiger partial charge on any atom is 0.129 e. The van der Waals surface area contributed by atoms with Gasteiger partial charge in [0.25, 0.3) is 0 Å². The highest BCUT2D eigenvalue weighted by Crippen LogP contribution is 2.31. The number of amidine groups is 1. The smallest absolute Gasteiger partial charge is 0.129 e. The highest BCUT2D eigenvalue weighted by Gasteiger charge is 2.27. The molecular weight excluding hydrogens is 224 g/mol. The Labute approximate surface area is 109 Å². The second kappa shape index (κ2) is 4.59. The van der Waals surface area contributed by atoms with E-state index in [0.29, 0.717) is 5.41 Å². The molecule has 1 saturated heterocycles. The van der Waals surface area contributed by atoms with Crippen LogP contribution in [-0.4, -0.2) is 23.9 Å². The van der Waals surface area contributed by atoms with Gasteiger partial charge in [0.05, 0.1) is 0 Å². The summed E-state index contributed by atoms with van der Waals surface area (Å²) in [6.07, 6.45) is 2.45. The van der Waals surface area contributed by atoms with Gasteiger partial charge in [0.2, 0.25) is 0 Å². The van der Waals surface area contributed by atoms with Crippen LogP contribution in [0.4, 0.5) is 5.82 Å². The largest absolute Gasteiger partial charge is 0.384 e. The Morgan fingerprint density at radius 2 is 2.17 bits per heavy atom. The molecule has 4 nitrogen and oxygen atoms in total. The standard InChI is InChI=1S/C14H22N4/c1-10-7-11(13(15)16)8-12(17-10)18-6-4-5-14(2,3)9-18/h7-8H,4-6,9H2,1-3H3,(H3,15,16). The Kier molecular flexibility index (Phi) is 3.28. The zero-order valence-corrected chi connectivity index (χ0v) is 11.5. The topological polar surface area (TPSA) is 66.0 Å². The molecule has 2 heterocycles. The van der Waals surface area contributed by atoms with Gasteiger partial charge in [-0.25, -0.2) is 4.98 Å². The minimum atomic E-state index is 0.109. The van der Waals surface area contributed by atoms with Crippen LogP contribution in [0, 0.1) is 17.7 Å². The maximum atomic E-state index is 7.55. The van der Waals surface area contributed by atoms with Gasteiger partial charge in [-0.15, -0.1) is 0 Å². The van der Waals surface area contributed by atoms with Crippen molar-refractivity contribution in [1.82, 2.24) is 4.98 Å².